The Labute approximate surface area is 163 Å². The van der Waals surface area contributed by atoms with Gasteiger partial charge in [0.05, 0.1) is 13.2 Å². The van der Waals surface area contributed by atoms with Gasteiger partial charge in [0.2, 0.25) is 6.79 Å². The smallest absolute Gasteiger partial charge is 0.270 e. The van der Waals surface area contributed by atoms with Crippen LogP contribution in [0.2, 0.25) is 0 Å². The summed E-state index contributed by atoms with van der Waals surface area (Å²) in [5.41, 5.74) is 1.12. The lowest BCUT2D eigenvalue weighted by Gasteiger charge is -2.26. The first kappa shape index (κ1) is 18.5. The Bertz CT molecular complexity index is 854. The van der Waals surface area contributed by atoms with E-state index in [2.05, 4.69) is 25.5 Å². The van der Waals surface area contributed by atoms with Crippen LogP contribution in [0.1, 0.15) is 16.3 Å². The van der Waals surface area contributed by atoms with E-state index < -0.39 is 0 Å². The SMILES string of the molecule is Cc1nc(Nc2ccc3c(c2)OCO3)cc(C(=O)NCCN2CCOCC2)n1. The number of rotatable bonds is 6. The Morgan fingerprint density at radius 3 is 2.82 bits per heavy atom. The van der Waals surface area contributed by atoms with E-state index in [9.17, 15) is 4.79 Å². The molecule has 1 fully saturated rings. The first-order valence-corrected chi connectivity index (χ1v) is 9.28. The third-order valence-corrected chi connectivity index (χ3v) is 4.53. The van der Waals surface area contributed by atoms with Gasteiger partial charge in [-0.05, 0) is 19.1 Å². The molecular weight excluding hydrogens is 362 g/mol. The summed E-state index contributed by atoms with van der Waals surface area (Å²) in [4.78, 5) is 23.4. The van der Waals surface area contributed by atoms with Gasteiger partial charge in [-0.25, -0.2) is 9.97 Å². The van der Waals surface area contributed by atoms with E-state index in [1.54, 1.807) is 13.0 Å². The van der Waals surface area contributed by atoms with Crippen molar-refractivity contribution in [1.82, 2.24) is 20.2 Å². The molecule has 0 bridgehead atoms. The predicted octanol–water partition coefficient (Wildman–Crippen LogP) is 1.32. The molecule has 0 spiro atoms. The number of aryl methyl sites for hydroxylation is 1. The van der Waals surface area contributed by atoms with Crippen LogP contribution in [0.3, 0.4) is 0 Å². The number of benzene rings is 1. The maximum atomic E-state index is 12.5. The second-order valence-electron chi connectivity index (χ2n) is 6.59. The van der Waals surface area contributed by atoms with Gasteiger partial charge in [0, 0.05) is 44.0 Å². The van der Waals surface area contributed by atoms with Crippen LogP contribution in [0.15, 0.2) is 24.3 Å². The highest BCUT2D eigenvalue weighted by molar-refractivity contribution is 5.93. The number of nitrogens with zero attached hydrogens (tertiary/aromatic N) is 3. The molecule has 1 aromatic heterocycles. The Hall–Kier alpha value is -2.91. The molecule has 2 aliphatic rings. The molecule has 1 saturated heterocycles. The fraction of sp³-hybridized carbons (Fsp3) is 0.421. The number of aromatic nitrogens is 2. The van der Waals surface area contributed by atoms with Gasteiger partial charge >= 0.3 is 0 Å². The van der Waals surface area contributed by atoms with Crippen LogP contribution < -0.4 is 20.1 Å². The maximum Gasteiger partial charge on any atom is 0.270 e. The molecule has 0 unspecified atom stereocenters. The Morgan fingerprint density at radius 2 is 1.96 bits per heavy atom. The molecule has 2 aliphatic heterocycles. The molecule has 3 heterocycles. The van der Waals surface area contributed by atoms with Crippen molar-refractivity contribution in [2.24, 2.45) is 0 Å². The van der Waals surface area contributed by atoms with Gasteiger partial charge < -0.3 is 24.8 Å². The number of ether oxygens (including phenoxy) is 3. The minimum atomic E-state index is -0.215. The minimum Gasteiger partial charge on any atom is -0.454 e. The standard InChI is InChI=1S/C19H23N5O4/c1-13-21-15(19(25)20-4-5-24-6-8-26-9-7-24)11-18(22-13)23-14-2-3-16-17(10-14)28-12-27-16/h2-3,10-11H,4-9,12H2,1H3,(H,20,25)(H,21,22,23). The van der Waals surface area contributed by atoms with Gasteiger partial charge in [-0.15, -0.1) is 0 Å². The van der Waals surface area contributed by atoms with Crippen molar-refractivity contribution in [3.8, 4) is 11.5 Å². The number of hydrogen-bond acceptors (Lipinski definition) is 8. The Kier molecular flexibility index (Phi) is 5.54. The van der Waals surface area contributed by atoms with Crippen LogP contribution >= 0.6 is 0 Å². The highest BCUT2D eigenvalue weighted by Crippen LogP contribution is 2.34. The van der Waals surface area contributed by atoms with E-state index >= 15 is 0 Å². The molecule has 148 valence electrons. The average Bonchev–Trinajstić information content (AvgIpc) is 3.16. The van der Waals surface area contributed by atoms with Crippen molar-refractivity contribution in [3.63, 3.8) is 0 Å². The number of morpholine rings is 1. The molecule has 28 heavy (non-hydrogen) atoms. The molecule has 0 atom stereocenters. The lowest BCUT2D eigenvalue weighted by atomic mass is 10.2. The first-order valence-electron chi connectivity index (χ1n) is 9.28. The molecule has 9 heteroatoms. The van der Waals surface area contributed by atoms with E-state index in [1.807, 2.05) is 18.2 Å². The zero-order chi connectivity index (χ0) is 19.3. The monoisotopic (exact) mass is 385 g/mol. The molecule has 1 aromatic carbocycles. The van der Waals surface area contributed by atoms with Gasteiger partial charge in [0.25, 0.3) is 5.91 Å². The summed E-state index contributed by atoms with van der Waals surface area (Å²) in [5, 5.41) is 6.11. The summed E-state index contributed by atoms with van der Waals surface area (Å²) >= 11 is 0. The van der Waals surface area contributed by atoms with Gasteiger partial charge in [0.15, 0.2) is 11.5 Å². The first-order chi connectivity index (χ1) is 13.7. The zero-order valence-corrected chi connectivity index (χ0v) is 15.7. The predicted molar refractivity (Wildman–Crippen MR) is 102 cm³/mol. The summed E-state index contributed by atoms with van der Waals surface area (Å²) in [6.45, 7) is 6.61. The fourth-order valence-electron chi connectivity index (χ4n) is 3.11. The van der Waals surface area contributed by atoms with Gasteiger partial charge in [0.1, 0.15) is 17.3 Å². The molecule has 2 aromatic rings. The summed E-state index contributed by atoms with van der Waals surface area (Å²) in [7, 11) is 0. The quantitative estimate of drug-likeness (QED) is 0.768. The van der Waals surface area contributed by atoms with Crippen LogP contribution in [0.4, 0.5) is 11.5 Å². The Morgan fingerprint density at radius 1 is 1.14 bits per heavy atom. The van der Waals surface area contributed by atoms with Crippen molar-refractivity contribution in [1.29, 1.82) is 0 Å². The van der Waals surface area contributed by atoms with Crippen LogP contribution in [-0.4, -0.2) is 67.0 Å². The molecule has 2 N–H and O–H groups in total. The number of carbonyl (C=O) groups is 1. The number of amides is 1. The summed E-state index contributed by atoms with van der Waals surface area (Å²) < 4.78 is 16.0. The summed E-state index contributed by atoms with van der Waals surface area (Å²) in [6, 6.07) is 7.18. The van der Waals surface area contributed by atoms with Crippen LogP contribution in [0, 0.1) is 6.92 Å². The number of hydrogen-bond donors (Lipinski definition) is 2. The number of anilines is 2. The van der Waals surface area contributed by atoms with Gasteiger partial charge in [-0.1, -0.05) is 0 Å². The fourth-order valence-corrected chi connectivity index (χ4v) is 3.11. The van der Waals surface area contributed by atoms with Gasteiger partial charge in [-0.2, -0.15) is 0 Å². The van der Waals surface area contributed by atoms with E-state index in [-0.39, 0.29) is 12.7 Å². The number of carbonyl (C=O) groups excluding carboxylic acids is 1. The lowest BCUT2D eigenvalue weighted by Crippen LogP contribution is -2.41. The number of fused-ring (bicyclic) bond motifs is 1. The van der Waals surface area contributed by atoms with Crippen LogP contribution in [0.5, 0.6) is 11.5 Å². The van der Waals surface area contributed by atoms with E-state index in [0.717, 1.165) is 38.5 Å². The third kappa shape index (κ3) is 4.49. The normalized spacial score (nSPS) is 16.0. The van der Waals surface area contributed by atoms with E-state index in [4.69, 9.17) is 14.2 Å². The molecule has 0 radical (unpaired) electrons. The van der Waals surface area contributed by atoms with E-state index in [1.165, 1.54) is 0 Å². The van der Waals surface area contributed by atoms with Crippen molar-refractivity contribution >= 4 is 17.4 Å². The second-order valence-corrected chi connectivity index (χ2v) is 6.59. The highest BCUT2D eigenvalue weighted by atomic mass is 16.7. The summed E-state index contributed by atoms with van der Waals surface area (Å²) in [6.07, 6.45) is 0. The molecule has 4 rings (SSSR count). The highest BCUT2D eigenvalue weighted by Gasteiger charge is 2.15. The number of nitrogens with one attached hydrogen (secondary N) is 2. The Balaban J connectivity index is 1.38. The molecule has 9 nitrogen and oxygen atoms in total. The topological polar surface area (TPSA) is 97.8 Å². The molecule has 0 saturated carbocycles. The van der Waals surface area contributed by atoms with Crippen molar-refractivity contribution in [2.45, 2.75) is 6.92 Å². The average molecular weight is 385 g/mol. The summed E-state index contributed by atoms with van der Waals surface area (Å²) in [5.74, 6) is 2.24. The van der Waals surface area contributed by atoms with Crippen molar-refractivity contribution in [3.05, 3.63) is 35.8 Å². The second kappa shape index (κ2) is 8.41. The lowest BCUT2D eigenvalue weighted by molar-refractivity contribution is 0.0383. The van der Waals surface area contributed by atoms with E-state index in [0.29, 0.717) is 35.4 Å². The van der Waals surface area contributed by atoms with Crippen molar-refractivity contribution < 1.29 is 19.0 Å². The van der Waals surface area contributed by atoms with Crippen molar-refractivity contribution in [2.75, 3.05) is 51.5 Å². The van der Waals surface area contributed by atoms with Crippen LogP contribution in [-0.2, 0) is 4.74 Å². The third-order valence-electron chi connectivity index (χ3n) is 4.53. The van der Waals surface area contributed by atoms with Crippen LogP contribution in [0.25, 0.3) is 0 Å². The largest absolute Gasteiger partial charge is 0.454 e. The molecule has 0 aliphatic carbocycles. The zero-order valence-electron chi connectivity index (χ0n) is 15.7. The molecule has 1 amide bonds. The van der Waals surface area contributed by atoms with Gasteiger partial charge in [-0.3, -0.25) is 9.69 Å². The maximum absolute atomic E-state index is 12.5. The minimum absolute atomic E-state index is 0.215. The molecular formula is C19H23N5O4.